The molecule has 0 fully saturated rings. The molecule has 2 aromatic heterocycles. The molecule has 3 heteroatoms. The molecule has 0 aliphatic heterocycles. The summed E-state index contributed by atoms with van der Waals surface area (Å²) in [4.78, 5) is 8.57. The second-order valence-corrected chi connectivity index (χ2v) is 4.59. The molecule has 0 radical (unpaired) electrons. The van der Waals surface area contributed by atoms with E-state index in [0.29, 0.717) is 0 Å². The van der Waals surface area contributed by atoms with Gasteiger partial charge in [0.1, 0.15) is 0 Å². The summed E-state index contributed by atoms with van der Waals surface area (Å²) < 4.78 is 0. The number of hydrogen-bond acceptors (Lipinski definition) is 3. The average Bonchev–Trinajstić information content (AvgIpc) is 2.47. The second-order valence-electron chi connectivity index (χ2n) is 4.59. The maximum Gasteiger partial charge on any atom is 0.0749 e. The molecule has 19 heavy (non-hydrogen) atoms. The number of rotatable bonds is 3. The smallest absolute Gasteiger partial charge is 0.0749 e. The van der Waals surface area contributed by atoms with Gasteiger partial charge in [0.05, 0.1) is 5.52 Å². The van der Waals surface area contributed by atoms with E-state index in [0.717, 1.165) is 28.5 Å². The van der Waals surface area contributed by atoms with E-state index in [1.165, 1.54) is 0 Å². The van der Waals surface area contributed by atoms with Crippen molar-refractivity contribution >= 4 is 10.9 Å². The van der Waals surface area contributed by atoms with Crippen LogP contribution in [0.1, 0.15) is 17.2 Å². The van der Waals surface area contributed by atoms with Gasteiger partial charge in [-0.3, -0.25) is 9.97 Å². The third-order valence-electron chi connectivity index (χ3n) is 3.24. The number of benzene rings is 1. The lowest BCUT2D eigenvalue weighted by Gasteiger charge is -2.13. The number of para-hydroxylation sites is 1. The molecule has 2 N–H and O–H groups in total. The van der Waals surface area contributed by atoms with Crippen LogP contribution in [0.5, 0.6) is 0 Å². The lowest BCUT2D eigenvalue weighted by atomic mass is 9.98. The minimum Gasteiger partial charge on any atom is -0.324 e. The first-order valence-corrected chi connectivity index (χ1v) is 6.33. The van der Waals surface area contributed by atoms with Crippen molar-refractivity contribution in [2.75, 3.05) is 0 Å². The second kappa shape index (κ2) is 5.16. The van der Waals surface area contributed by atoms with Gasteiger partial charge in [0.15, 0.2) is 0 Å². The summed E-state index contributed by atoms with van der Waals surface area (Å²) >= 11 is 0. The predicted octanol–water partition coefficient (Wildman–Crippen LogP) is 2.87. The minimum atomic E-state index is -0.0669. The van der Waals surface area contributed by atoms with Gasteiger partial charge in [-0.25, -0.2) is 0 Å². The minimum absolute atomic E-state index is 0.0669. The fourth-order valence-electron chi connectivity index (χ4n) is 2.31. The molecule has 0 saturated carbocycles. The molecule has 1 atom stereocenters. The summed E-state index contributed by atoms with van der Waals surface area (Å²) in [6, 6.07) is 14.1. The molecule has 1 aromatic carbocycles. The van der Waals surface area contributed by atoms with Gasteiger partial charge in [-0.05, 0) is 29.7 Å². The van der Waals surface area contributed by atoms with E-state index in [4.69, 9.17) is 5.73 Å². The van der Waals surface area contributed by atoms with Gasteiger partial charge in [-0.15, -0.1) is 0 Å². The molecule has 3 aromatic rings. The monoisotopic (exact) mass is 249 g/mol. The van der Waals surface area contributed by atoms with Crippen molar-refractivity contribution < 1.29 is 0 Å². The van der Waals surface area contributed by atoms with Gasteiger partial charge in [0.25, 0.3) is 0 Å². The molecule has 1 unspecified atom stereocenters. The molecule has 0 saturated heterocycles. The molecule has 3 rings (SSSR count). The standard InChI is InChI=1S/C16H15N3/c17-15(10-12-4-2-8-18-11-12)14-7-1-5-13-6-3-9-19-16(13)14/h1-9,11,15H,10,17H2. The quantitative estimate of drug-likeness (QED) is 0.776. The summed E-state index contributed by atoms with van der Waals surface area (Å²) in [6.07, 6.45) is 6.21. The van der Waals surface area contributed by atoms with Gasteiger partial charge in [0, 0.05) is 30.0 Å². The molecule has 0 spiro atoms. The normalized spacial score (nSPS) is 12.5. The van der Waals surface area contributed by atoms with Crippen LogP contribution >= 0.6 is 0 Å². The fraction of sp³-hybridized carbons (Fsp3) is 0.125. The van der Waals surface area contributed by atoms with E-state index in [-0.39, 0.29) is 6.04 Å². The number of hydrogen-bond donors (Lipinski definition) is 1. The third kappa shape index (κ3) is 2.46. The number of nitrogens with two attached hydrogens (primary N) is 1. The van der Waals surface area contributed by atoms with Crippen molar-refractivity contribution in [1.82, 2.24) is 9.97 Å². The van der Waals surface area contributed by atoms with Crippen LogP contribution in [0.3, 0.4) is 0 Å². The molecular weight excluding hydrogens is 234 g/mol. The van der Waals surface area contributed by atoms with Gasteiger partial charge in [0.2, 0.25) is 0 Å². The van der Waals surface area contributed by atoms with E-state index in [1.807, 2.05) is 36.7 Å². The zero-order valence-electron chi connectivity index (χ0n) is 10.5. The molecule has 94 valence electrons. The number of pyridine rings is 2. The van der Waals surface area contributed by atoms with Crippen molar-refractivity contribution in [3.05, 3.63) is 72.2 Å². The van der Waals surface area contributed by atoms with Crippen molar-refractivity contribution in [3.63, 3.8) is 0 Å². The van der Waals surface area contributed by atoms with Gasteiger partial charge in [-0.1, -0.05) is 30.3 Å². The highest BCUT2D eigenvalue weighted by molar-refractivity contribution is 5.82. The van der Waals surface area contributed by atoms with Crippen LogP contribution in [-0.2, 0) is 6.42 Å². The van der Waals surface area contributed by atoms with Crippen LogP contribution in [0, 0.1) is 0 Å². The molecule has 0 aliphatic carbocycles. The SMILES string of the molecule is NC(Cc1cccnc1)c1cccc2cccnc12. The van der Waals surface area contributed by atoms with Crippen LogP contribution in [0.2, 0.25) is 0 Å². The van der Waals surface area contributed by atoms with Crippen molar-refractivity contribution in [2.45, 2.75) is 12.5 Å². The largest absolute Gasteiger partial charge is 0.324 e. The molecule has 0 aliphatic rings. The molecule has 2 heterocycles. The first-order chi connectivity index (χ1) is 9.34. The highest BCUT2D eigenvalue weighted by atomic mass is 14.7. The summed E-state index contributed by atoms with van der Waals surface area (Å²) in [6.45, 7) is 0. The van der Waals surface area contributed by atoms with Crippen LogP contribution in [0.25, 0.3) is 10.9 Å². The van der Waals surface area contributed by atoms with Crippen molar-refractivity contribution in [3.8, 4) is 0 Å². The summed E-state index contributed by atoms with van der Waals surface area (Å²) in [7, 11) is 0. The highest BCUT2D eigenvalue weighted by Gasteiger charge is 2.11. The van der Waals surface area contributed by atoms with Gasteiger partial charge in [-0.2, -0.15) is 0 Å². The Bertz CT molecular complexity index is 674. The fourth-order valence-corrected chi connectivity index (χ4v) is 2.31. The average molecular weight is 249 g/mol. The Balaban J connectivity index is 1.96. The van der Waals surface area contributed by atoms with Crippen LogP contribution in [0.4, 0.5) is 0 Å². The first kappa shape index (κ1) is 11.8. The van der Waals surface area contributed by atoms with Gasteiger partial charge < -0.3 is 5.73 Å². The Morgan fingerprint density at radius 2 is 1.84 bits per heavy atom. The maximum atomic E-state index is 6.33. The molecule has 0 bridgehead atoms. The summed E-state index contributed by atoms with van der Waals surface area (Å²) in [5.41, 5.74) is 9.54. The number of aromatic nitrogens is 2. The van der Waals surface area contributed by atoms with Crippen molar-refractivity contribution in [2.24, 2.45) is 5.73 Å². The number of fused-ring (bicyclic) bond motifs is 1. The van der Waals surface area contributed by atoms with E-state index < -0.39 is 0 Å². The molecule has 3 nitrogen and oxygen atoms in total. The Kier molecular flexibility index (Phi) is 3.21. The first-order valence-electron chi connectivity index (χ1n) is 6.33. The lowest BCUT2D eigenvalue weighted by molar-refractivity contribution is 0.724. The van der Waals surface area contributed by atoms with Crippen LogP contribution < -0.4 is 5.73 Å². The highest BCUT2D eigenvalue weighted by Crippen LogP contribution is 2.23. The Labute approximate surface area is 112 Å². The lowest BCUT2D eigenvalue weighted by Crippen LogP contribution is -2.14. The summed E-state index contributed by atoms with van der Waals surface area (Å²) in [5.74, 6) is 0. The number of nitrogens with zero attached hydrogens (tertiary/aromatic N) is 2. The van der Waals surface area contributed by atoms with Crippen molar-refractivity contribution in [1.29, 1.82) is 0 Å². The molecule has 0 amide bonds. The van der Waals surface area contributed by atoms with E-state index in [9.17, 15) is 0 Å². The maximum absolute atomic E-state index is 6.33. The zero-order valence-corrected chi connectivity index (χ0v) is 10.5. The topological polar surface area (TPSA) is 51.8 Å². The zero-order chi connectivity index (χ0) is 13.1. The molecular formula is C16H15N3. The van der Waals surface area contributed by atoms with Crippen LogP contribution in [0.15, 0.2) is 61.1 Å². The van der Waals surface area contributed by atoms with E-state index in [2.05, 4.69) is 28.2 Å². The van der Waals surface area contributed by atoms with E-state index in [1.54, 1.807) is 6.20 Å². The Hall–Kier alpha value is -2.26. The third-order valence-corrected chi connectivity index (χ3v) is 3.24. The van der Waals surface area contributed by atoms with Crippen LogP contribution in [-0.4, -0.2) is 9.97 Å². The predicted molar refractivity (Wildman–Crippen MR) is 76.6 cm³/mol. The summed E-state index contributed by atoms with van der Waals surface area (Å²) in [5, 5.41) is 1.13. The van der Waals surface area contributed by atoms with E-state index >= 15 is 0 Å². The Morgan fingerprint density at radius 1 is 1.00 bits per heavy atom. The van der Waals surface area contributed by atoms with Gasteiger partial charge >= 0.3 is 0 Å². The Morgan fingerprint density at radius 3 is 2.68 bits per heavy atom.